The van der Waals surface area contributed by atoms with Gasteiger partial charge in [0, 0.05) is 12.8 Å². The first-order chi connectivity index (χ1) is 6.27. The second-order valence-electron chi connectivity index (χ2n) is 4.06. The summed E-state index contributed by atoms with van der Waals surface area (Å²) in [7, 11) is 0. The standard InChI is InChI=1S/C11H22O2/c1-2-3-7-10-13-11(12)8-5-4-6-9-11/h12H,2-10H2,1H3. The van der Waals surface area contributed by atoms with E-state index >= 15 is 0 Å². The van der Waals surface area contributed by atoms with Crippen molar-refractivity contribution in [2.24, 2.45) is 0 Å². The molecule has 1 saturated carbocycles. The lowest BCUT2D eigenvalue weighted by Gasteiger charge is -2.31. The Morgan fingerprint density at radius 3 is 2.46 bits per heavy atom. The molecule has 1 aliphatic carbocycles. The van der Waals surface area contributed by atoms with Crippen LogP contribution in [0.15, 0.2) is 0 Å². The van der Waals surface area contributed by atoms with Gasteiger partial charge in [-0.1, -0.05) is 26.2 Å². The molecule has 0 aromatic heterocycles. The quantitative estimate of drug-likeness (QED) is 0.528. The Morgan fingerprint density at radius 2 is 1.85 bits per heavy atom. The maximum Gasteiger partial charge on any atom is 0.165 e. The average molecular weight is 186 g/mol. The summed E-state index contributed by atoms with van der Waals surface area (Å²) >= 11 is 0. The molecule has 0 atom stereocenters. The second-order valence-corrected chi connectivity index (χ2v) is 4.06. The lowest BCUT2D eigenvalue weighted by Crippen LogP contribution is -2.34. The van der Waals surface area contributed by atoms with E-state index in [9.17, 15) is 5.11 Å². The molecule has 0 spiro atoms. The average Bonchev–Trinajstić information content (AvgIpc) is 2.14. The van der Waals surface area contributed by atoms with E-state index in [-0.39, 0.29) is 0 Å². The van der Waals surface area contributed by atoms with Crippen molar-refractivity contribution in [1.29, 1.82) is 0 Å². The molecule has 0 amide bonds. The maximum atomic E-state index is 9.95. The number of hydrogen-bond donors (Lipinski definition) is 1. The van der Waals surface area contributed by atoms with Crippen LogP contribution in [0.3, 0.4) is 0 Å². The summed E-state index contributed by atoms with van der Waals surface area (Å²) in [5.41, 5.74) is 0. The molecule has 0 bridgehead atoms. The van der Waals surface area contributed by atoms with Gasteiger partial charge in [-0.2, -0.15) is 0 Å². The SMILES string of the molecule is CCCCCOC1(O)CCCCC1. The molecule has 0 radical (unpaired) electrons. The summed E-state index contributed by atoms with van der Waals surface area (Å²) < 4.78 is 5.53. The number of unbranched alkanes of at least 4 members (excludes halogenated alkanes) is 2. The summed E-state index contributed by atoms with van der Waals surface area (Å²) in [6, 6.07) is 0. The Hall–Kier alpha value is -0.0800. The molecular formula is C11H22O2. The van der Waals surface area contributed by atoms with E-state index in [1.165, 1.54) is 19.3 Å². The van der Waals surface area contributed by atoms with Crippen LogP contribution in [-0.4, -0.2) is 17.5 Å². The Kier molecular flexibility index (Phi) is 4.74. The third-order valence-electron chi connectivity index (χ3n) is 2.75. The molecule has 13 heavy (non-hydrogen) atoms. The molecule has 2 heteroatoms. The molecule has 0 saturated heterocycles. The van der Waals surface area contributed by atoms with Crippen molar-refractivity contribution < 1.29 is 9.84 Å². The second kappa shape index (κ2) is 5.61. The normalized spacial score (nSPS) is 21.7. The third-order valence-corrected chi connectivity index (χ3v) is 2.75. The predicted molar refractivity (Wildman–Crippen MR) is 53.5 cm³/mol. The maximum absolute atomic E-state index is 9.95. The van der Waals surface area contributed by atoms with E-state index in [2.05, 4.69) is 6.92 Å². The molecule has 0 aliphatic heterocycles. The number of ether oxygens (including phenoxy) is 1. The van der Waals surface area contributed by atoms with Crippen molar-refractivity contribution in [3.63, 3.8) is 0 Å². The molecule has 1 N–H and O–H groups in total. The van der Waals surface area contributed by atoms with Crippen molar-refractivity contribution in [3.05, 3.63) is 0 Å². The first-order valence-corrected chi connectivity index (χ1v) is 5.63. The molecule has 0 heterocycles. The topological polar surface area (TPSA) is 29.5 Å². The zero-order chi connectivity index (χ0) is 9.57. The van der Waals surface area contributed by atoms with E-state index in [4.69, 9.17) is 4.74 Å². The zero-order valence-corrected chi connectivity index (χ0v) is 8.72. The van der Waals surface area contributed by atoms with Gasteiger partial charge in [-0.25, -0.2) is 0 Å². The Bertz CT molecular complexity index is 128. The molecule has 1 rings (SSSR count). The summed E-state index contributed by atoms with van der Waals surface area (Å²) in [5, 5.41) is 9.95. The Morgan fingerprint density at radius 1 is 1.15 bits per heavy atom. The number of hydrogen-bond acceptors (Lipinski definition) is 2. The van der Waals surface area contributed by atoms with Crippen LogP contribution < -0.4 is 0 Å². The summed E-state index contributed by atoms with van der Waals surface area (Å²) in [6.45, 7) is 2.90. The molecule has 1 fully saturated rings. The van der Waals surface area contributed by atoms with Crippen molar-refractivity contribution in [3.8, 4) is 0 Å². The van der Waals surface area contributed by atoms with Crippen LogP contribution in [0.5, 0.6) is 0 Å². The lowest BCUT2D eigenvalue weighted by molar-refractivity contribution is -0.220. The van der Waals surface area contributed by atoms with Gasteiger partial charge in [0.15, 0.2) is 5.79 Å². The van der Waals surface area contributed by atoms with E-state index in [1.54, 1.807) is 0 Å². The first-order valence-electron chi connectivity index (χ1n) is 5.63. The van der Waals surface area contributed by atoms with Crippen molar-refractivity contribution in [2.75, 3.05) is 6.61 Å². The minimum absolute atomic E-state index is 0.727. The number of rotatable bonds is 5. The molecule has 1 aliphatic rings. The minimum Gasteiger partial charge on any atom is -0.365 e. The molecule has 78 valence electrons. The minimum atomic E-state index is -0.772. The van der Waals surface area contributed by atoms with Crippen molar-refractivity contribution >= 4 is 0 Å². The van der Waals surface area contributed by atoms with Gasteiger partial charge in [0.2, 0.25) is 0 Å². The van der Waals surface area contributed by atoms with Gasteiger partial charge >= 0.3 is 0 Å². The monoisotopic (exact) mass is 186 g/mol. The van der Waals surface area contributed by atoms with Gasteiger partial charge in [0.1, 0.15) is 0 Å². The molecule has 0 unspecified atom stereocenters. The van der Waals surface area contributed by atoms with E-state index < -0.39 is 5.79 Å². The Balaban J connectivity index is 2.10. The van der Waals surface area contributed by atoms with Crippen molar-refractivity contribution in [1.82, 2.24) is 0 Å². The van der Waals surface area contributed by atoms with Crippen LogP contribution in [0.2, 0.25) is 0 Å². The van der Waals surface area contributed by atoms with Gasteiger partial charge in [-0.15, -0.1) is 0 Å². The summed E-state index contributed by atoms with van der Waals surface area (Å²) in [5.74, 6) is -0.772. The first kappa shape index (κ1) is 11.0. The van der Waals surface area contributed by atoms with E-state index in [0.29, 0.717) is 0 Å². The van der Waals surface area contributed by atoms with Crippen LogP contribution in [0.25, 0.3) is 0 Å². The van der Waals surface area contributed by atoms with Crippen molar-refractivity contribution in [2.45, 2.75) is 64.1 Å². The van der Waals surface area contributed by atoms with Crippen LogP contribution in [0.1, 0.15) is 58.3 Å². The lowest BCUT2D eigenvalue weighted by atomic mass is 9.94. The highest BCUT2D eigenvalue weighted by molar-refractivity contribution is 4.72. The number of aliphatic hydroxyl groups is 1. The smallest absolute Gasteiger partial charge is 0.165 e. The van der Waals surface area contributed by atoms with Gasteiger partial charge in [0.25, 0.3) is 0 Å². The summed E-state index contributed by atoms with van der Waals surface area (Å²) in [6.07, 6.45) is 8.64. The molecule has 0 aromatic carbocycles. The van der Waals surface area contributed by atoms with Gasteiger partial charge < -0.3 is 9.84 Å². The van der Waals surface area contributed by atoms with Crippen LogP contribution in [-0.2, 0) is 4.74 Å². The van der Waals surface area contributed by atoms with Crippen LogP contribution in [0.4, 0.5) is 0 Å². The van der Waals surface area contributed by atoms with Gasteiger partial charge in [0.05, 0.1) is 6.61 Å². The van der Waals surface area contributed by atoms with E-state index in [0.717, 1.165) is 38.7 Å². The fourth-order valence-electron chi connectivity index (χ4n) is 1.86. The molecule has 0 aromatic rings. The van der Waals surface area contributed by atoms with E-state index in [1.807, 2.05) is 0 Å². The predicted octanol–water partition coefficient (Wildman–Crippen LogP) is 2.85. The fraction of sp³-hybridized carbons (Fsp3) is 1.00. The zero-order valence-electron chi connectivity index (χ0n) is 8.72. The highest BCUT2D eigenvalue weighted by Crippen LogP contribution is 2.29. The van der Waals surface area contributed by atoms with Gasteiger partial charge in [-0.3, -0.25) is 0 Å². The summed E-state index contributed by atoms with van der Waals surface area (Å²) in [4.78, 5) is 0. The largest absolute Gasteiger partial charge is 0.365 e. The Labute approximate surface area is 81.3 Å². The molecule has 2 nitrogen and oxygen atoms in total. The van der Waals surface area contributed by atoms with Crippen LogP contribution >= 0.6 is 0 Å². The fourth-order valence-corrected chi connectivity index (χ4v) is 1.86. The van der Waals surface area contributed by atoms with Crippen LogP contribution in [0, 0.1) is 0 Å². The highest BCUT2D eigenvalue weighted by atomic mass is 16.6. The molecular weight excluding hydrogens is 164 g/mol. The third kappa shape index (κ3) is 4.10. The van der Waals surface area contributed by atoms with Gasteiger partial charge in [-0.05, 0) is 19.3 Å². The highest BCUT2D eigenvalue weighted by Gasteiger charge is 2.29.